The minimum absolute atomic E-state index is 0.250. The van der Waals surface area contributed by atoms with Crippen molar-refractivity contribution in [3.05, 3.63) is 107 Å². The van der Waals surface area contributed by atoms with Crippen LogP contribution < -0.4 is 4.74 Å². The van der Waals surface area contributed by atoms with E-state index in [1.165, 1.54) is 22.3 Å². The Morgan fingerprint density at radius 3 is 2.70 bits per heavy atom. The standard InChI is InChI=1S/C28H27N3O2/c32-27-9-3-7-23-24(27)12-13-28(25(23)11-10-21-5-4-15-29-19-21)33-18-14-22-6-1-2-8-26(22)31-17-16-30-20-31/h1-2,4-6,8,12-13,15-17,19-20H,3,7,9-11,14,18H2. The first-order valence-corrected chi connectivity index (χ1v) is 11.6. The Bertz CT molecular complexity index is 1230. The predicted octanol–water partition coefficient (Wildman–Crippen LogP) is 5.19. The molecule has 0 unspecified atom stereocenters. The lowest BCUT2D eigenvalue weighted by Crippen LogP contribution is -2.15. The summed E-state index contributed by atoms with van der Waals surface area (Å²) in [7, 11) is 0. The summed E-state index contributed by atoms with van der Waals surface area (Å²) in [5.74, 6) is 1.15. The SMILES string of the molecule is O=C1CCCc2c1ccc(OCCc1ccccc1-n1ccnc1)c2CCc1cccnc1. The van der Waals surface area contributed by atoms with E-state index in [1.54, 1.807) is 12.4 Å². The predicted molar refractivity (Wildman–Crippen MR) is 128 cm³/mol. The van der Waals surface area contributed by atoms with Gasteiger partial charge in [-0.05, 0) is 72.2 Å². The quantitative estimate of drug-likeness (QED) is 0.381. The van der Waals surface area contributed by atoms with Crippen LogP contribution in [0, 0.1) is 0 Å². The maximum Gasteiger partial charge on any atom is 0.163 e. The molecule has 0 saturated carbocycles. The highest BCUT2D eigenvalue weighted by Crippen LogP contribution is 2.32. The summed E-state index contributed by atoms with van der Waals surface area (Å²) in [6.07, 6.45) is 14.2. The van der Waals surface area contributed by atoms with Crippen molar-refractivity contribution < 1.29 is 9.53 Å². The number of carbonyl (C=O) groups is 1. The molecule has 1 aliphatic carbocycles. The Labute approximate surface area is 194 Å². The van der Waals surface area contributed by atoms with Crippen LogP contribution in [0.3, 0.4) is 0 Å². The molecule has 33 heavy (non-hydrogen) atoms. The van der Waals surface area contributed by atoms with Crippen LogP contribution in [-0.2, 0) is 25.7 Å². The molecule has 2 heterocycles. The Morgan fingerprint density at radius 1 is 0.909 bits per heavy atom. The minimum atomic E-state index is 0.250. The first kappa shape index (κ1) is 21.1. The summed E-state index contributed by atoms with van der Waals surface area (Å²) in [6.45, 7) is 0.568. The Kier molecular flexibility index (Phi) is 6.29. The van der Waals surface area contributed by atoms with Crippen molar-refractivity contribution >= 4 is 5.78 Å². The highest BCUT2D eigenvalue weighted by molar-refractivity contribution is 5.99. The Morgan fingerprint density at radius 2 is 1.85 bits per heavy atom. The number of Topliss-reactive ketones (excluding diaryl/α,β-unsaturated/α-hetero) is 1. The van der Waals surface area contributed by atoms with E-state index in [1.807, 2.05) is 47.6 Å². The zero-order valence-electron chi connectivity index (χ0n) is 18.6. The van der Waals surface area contributed by atoms with Crippen LogP contribution in [0.1, 0.15) is 45.5 Å². The second-order valence-electron chi connectivity index (χ2n) is 8.40. The number of hydrogen-bond donors (Lipinski definition) is 0. The lowest BCUT2D eigenvalue weighted by atomic mass is 9.85. The molecule has 0 atom stereocenters. The number of rotatable bonds is 8. The fraction of sp³-hybridized carbons (Fsp3) is 0.250. The van der Waals surface area contributed by atoms with Crippen molar-refractivity contribution in [2.75, 3.05) is 6.61 Å². The van der Waals surface area contributed by atoms with Gasteiger partial charge >= 0.3 is 0 Å². The summed E-state index contributed by atoms with van der Waals surface area (Å²) in [5.41, 5.74) is 6.74. The normalized spacial score (nSPS) is 13.0. The fourth-order valence-corrected chi connectivity index (χ4v) is 4.65. The van der Waals surface area contributed by atoms with Gasteiger partial charge in [-0.1, -0.05) is 24.3 Å². The van der Waals surface area contributed by atoms with Crippen LogP contribution in [0.2, 0.25) is 0 Å². The van der Waals surface area contributed by atoms with Crippen molar-refractivity contribution in [2.45, 2.75) is 38.5 Å². The van der Waals surface area contributed by atoms with Crippen LogP contribution in [-0.4, -0.2) is 26.9 Å². The molecular weight excluding hydrogens is 410 g/mol. The highest BCUT2D eigenvalue weighted by Gasteiger charge is 2.22. The number of benzene rings is 2. The summed E-state index contributed by atoms with van der Waals surface area (Å²) >= 11 is 0. The van der Waals surface area contributed by atoms with Crippen molar-refractivity contribution in [3.8, 4) is 11.4 Å². The van der Waals surface area contributed by atoms with E-state index in [0.717, 1.165) is 49.1 Å². The summed E-state index contributed by atoms with van der Waals surface area (Å²) in [6, 6.07) is 16.3. The van der Waals surface area contributed by atoms with Crippen molar-refractivity contribution in [2.24, 2.45) is 0 Å². The number of carbonyl (C=O) groups excluding carboxylic acids is 1. The number of ether oxygens (including phenoxy) is 1. The van der Waals surface area contributed by atoms with Gasteiger partial charge in [-0.15, -0.1) is 0 Å². The number of ketones is 1. The Hall–Kier alpha value is -3.73. The molecule has 0 N–H and O–H groups in total. The van der Waals surface area contributed by atoms with E-state index >= 15 is 0 Å². The van der Waals surface area contributed by atoms with Gasteiger partial charge < -0.3 is 9.30 Å². The summed E-state index contributed by atoms with van der Waals surface area (Å²) in [4.78, 5) is 20.9. The van der Waals surface area contributed by atoms with E-state index in [9.17, 15) is 4.79 Å². The highest BCUT2D eigenvalue weighted by atomic mass is 16.5. The van der Waals surface area contributed by atoms with Crippen molar-refractivity contribution in [1.82, 2.24) is 14.5 Å². The molecule has 0 bridgehead atoms. The lowest BCUT2D eigenvalue weighted by Gasteiger charge is -2.22. The molecule has 5 nitrogen and oxygen atoms in total. The molecule has 5 rings (SSSR count). The number of hydrogen-bond acceptors (Lipinski definition) is 4. The van der Waals surface area contributed by atoms with Gasteiger partial charge in [-0.25, -0.2) is 4.98 Å². The number of para-hydroxylation sites is 1. The smallest absolute Gasteiger partial charge is 0.163 e. The van der Waals surface area contributed by atoms with E-state index in [2.05, 4.69) is 34.2 Å². The molecular formula is C28H27N3O2. The number of aromatic nitrogens is 3. The monoisotopic (exact) mass is 437 g/mol. The first-order chi connectivity index (χ1) is 16.3. The number of aryl methyl sites for hydroxylation is 1. The molecule has 0 aliphatic heterocycles. The van der Waals surface area contributed by atoms with Crippen LogP contribution in [0.5, 0.6) is 5.75 Å². The first-order valence-electron chi connectivity index (χ1n) is 11.6. The topological polar surface area (TPSA) is 57.0 Å². The molecule has 5 heteroatoms. The van der Waals surface area contributed by atoms with E-state index in [-0.39, 0.29) is 5.78 Å². The van der Waals surface area contributed by atoms with Crippen molar-refractivity contribution in [3.63, 3.8) is 0 Å². The number of nitrogens with zero attached hydrogens (tertiary/aromatic N) is 3. The van der Waals surface area contributed by atoms with E-state index < -0.39 is 0 Å². The third-order valence-electron chi connectivity index (χ3n) is 6.31. The molecule has 0 radical (unpaired) electrons. The van der Waals surface area contributed by atoms with Gasteiger partial charge in [0.15, 0.2) is 5.78 Å². The van der Waals surface area contributed by atoms with Gasteiger partial charge in [0.25, 0.3) is 0 Å². The molecule has 166 valence electrons. The molecule has 2 aromatic carbocycles. The molecule has 2 aromatic heterocycles. The Balaban J connectivity index is 1.36. The lowest BCUT2D eigenvalue weighted by molar-refractivity contribution is 0.0972. The van der Waals surface area contributed by atoms with Crippen LogP contribution in [0.25, 0.3) is 5.69 Å². The third kappa shape index (κ3) is 4.72. The van der Waals surface area contributed by atoms with Gasteiger partial charge in [0.1, 0.15) is 5.75 Å². The largest absolute Gasteiger partial charge is 0.493 e. The third-order valence-corrected chi connectivity index (χ3v) is 6.31. The molecule has 0 saturated heterocycles. The molecule has 0 spiro atoms. The zero-order valence-corrected chi connectivity index (χ0v) is 18.6. The van der Waals surface area contributed by atoms with Gasteiger partial charge in [-0.2, -0.15) is 0 Å². The van der Waals surface area contributed by atoms with E-state index in [4.69, 9.17) is 4.74 Å². The minimum Gasteiger partial charge on any atom is -0.493 e. The number of pyridine rings is 1. The van der Waals surface area contributed by atoms with Crippen LogP contribution in [0.4, 0.5) is 0 Å². The maximum absolute atomic E-state index is 12.5. The molecule has 0 fully saturated rings. The fourth-order valence-electron chi connectivity index (χ4n) is 4.65. The summed E-state index contributed by atoms with van der Waals surface area (Å²) in [5, 5.41) is 0. The van der Waals surface area contributed by atoms with Gasteiger partial charge in [0.2, 0.25) is 0 Å². The second-order valence-corrected chi connectivity index (χ2v) is 8.40. The zero-order chi connectivity index (χ0) is 22.5. The van der Waals surface area contributed by atoms with E-state index in [0.29, 0.717) is 13.0 Å². The van der Waals surface area contributed by atoms with Crippen LogP contribution >= 0.6 is 0 Å². The second kappa shape index (κ2) is 9.82. The van der Waals surface area contributed by atoms with Gasteiger partial charge in [0.05, 0.1) is 12.9 Å². The molecule has 0 amide bonds. The molecule has 4 aromatic rings. The molecule has 1 aliphatic rings. The number of imidazole rings is 1. The maximum atomic E-state index is 12.5. The summed E-state index contributed by atoms with van der Waals surface area (Å²) < 4.78 is 8.38. The van der Waals surface area contributed by atoms with Crippen LogP contribution in [0.15, 0.2) is 79.6 Å². The van der Waals surface area contributed by atoms with Gasteiger partial charge in [-0.3, -0.25) is 9.78 Å². The average Bonchev–Trinajstić information content (AvgIpc) is 3.39. The van der Waals surface area contributed by atoms with Crippen molar-refractivity contribution in [1.29, 1.82) is 0 Å². The van der Waals surface area contributed by atoms with Gasteiger partial charge in [0, 0.05) is 48.9 Å². The number of fused-ring (bicyclic) bond motifs is 1. The average molecular weight is 438 g/mol.